The molecule has 1 aromatic heterocycles. The van der Waals surface area contributed by atoms with E-state index < -0.39 is 0 Å². The summed E-state index contributed by atoms with van der Waals surface area (Å²) in [6.07, 6.45) is 0. The molecule has 0 aliphatic heterocycles. The number of aliphatic hydroxyl groups excluding tert-OH is 1. The highest BCUT2D eigenvalue weighted by Gasteiger charge is 2.18. The van der Waals surface area contributed by atoms with Crippen molar-refractivity contribution in [2.45, 2.75) is 13.2 Å². The predicted octanol–water partition coefficient (Wildman–Crippen LogP) is 3.69. The molecule has 0 spiro atoms. The van der Waals surface area contributed by atoms with E-state index in [1.54, 1.807) is 18.2 Å². The van der Waals surface area contributed by atoms with E-state index in [1.165, 1.54) is 26.4 Å². The lowest BCUT2D eigenvalue weighted by Gasteiger charge is -2.09. The van der Waals surface area contributed by atoms with Crippen molar-refractivity contribution in [1.29, 1.82) is 0 Å². The van der Waals surface area contributed by atoms with Gasteiger partial charge < -0.3 is 24.3 Å². The van der Waals surface area contributed by atoms with Crippen molar-refractivity contribution in [3.05, 3.63) is 53.5 Å². The van der Waals surface area contributed by atoms with E-state index in [0.717, 1.165) is 11.1 Å². The van der Waals surface area contributed by atoms with Crippen molar-refractivity contribution in [3.63, 3.8) is 0 Å². The molecule has 0 aliphatic rings. The van der Waals surface area contributed by atoms with Gasteiger partial charge in [-0.25, -0.2) is 4.39 Å². The first-order valence-corrected chi connectivity index (χ1v) is 7.42. The van der Waals surface area contributed by atoms with Crippen LogP contribution in [0.15, 0.2) is 40.8 Å². The van der Waals surface area contributed by atoms with Crippen LogP contribution in [0.3, 0.4) is 0 Å². The van der Waals surface area contributed by atoms with E-state index in [9.17, 15) is 9.50 Å². The first kappa shape index (κ1) is 16.1. The zero-order chi connectivity index (χ0) is 17.1. The number of halogens is 1. The lowest BCUT2D eigenvalue weighted by molar-refractivity contribution is 0.282. The van der Waals surface area contributed by atoms with Gasteiger partial charge in [-0.05, 0) is 42.0 Å². The SMILES string of the molecule is COc1cc(CO)c2cc(CNc3ccc(F)cc3)oc2c1OC. The maximum Gasteiger partial charge on any atom is 0.204 e. The maximum absolute atomic E-state index is 12.9. The molecular formula is C18H18FNO4. The van der Waals surface area contributed by atoms with Crippen LogP contribution < -0.4 is 14.8 Å². The Balaban J connectivity index is 1.93. The largest absolute Gasteiger partial charge is 0.493 e. The molecule has 0 saturated carbocycles. The number of benzene rings is 2. The third-order valence-corrected chi connectivity index (χ3v) is 3.77. The van der Waals surface area contributed by atoms with Crippen LogP contribution in [0.1, 0.15) is 11.3 Å². The van der Waals surface area contributed by atoms with Crippen molar-refractivity contribution in [2.75, 3.05) is 19.5 Å². The summed E-state index contributed by atoms with van der Waals surface area (Å²) in [6, 6.07) is 9.66. The van der Waals surface area contributed by atoms with Gasteiger partial charge in [-0.3, -0.25) is 0 Å². The molecule has 2 aromatic carbocycles. The molecule has 0 amide bonds. The number of rotatable bonds is 6. The third-order valence-electron chi connectivity index (χ3n) is 3.77. The molecule has 3 rings (SSSR count). The monoisotopic (exact) mass is 331 g/mol. The molecule has 2 N–H and O–H groups in total. The second kappa shape index (κ2) is 6.80. The van der Waals surface area contributed by atoms with Gasteiger partial charge in [-0.15, -0.1) is 0 Å². The second-order valence-corrected chi connectivity index (χ2v) is 5.25. The molecular weight excluding hydrogens is 313 g/mol. The number of nitrogens with one attached hydrogen (secondary N) is 1. The van der Waals surface area contributed by atoms with E-state index in [4.69, 9.17) is 13.9 Å². The van der Waals surface area contributed by atoms with Gasteiger partial charge in [0.05, 0.1) is 27.4 Å². The van der Waals surface area contributed by atoms with Gasteiger partial charge in [0.25, 0.3) is 0 Å². The van der Waals surface area contributed by atoms with Crippen molar-refractivity contribution < 1.29 is 23.4 Å². The minimum absolute atomic E-state index is 0.138. The summed E-state index contributed by atoms with van der Waals surface area (Å²) in [4.78, 5) is 0. The van der Waals surface area contributed by atoms with Gasteiger partial charge in [0.2, 0.25) is 5.75 Å². The Morgan fingerprint density at radius 1 is 1.12 bits per heavy atom. The van der Waals surface area contributed by atoms with Crippen LogP contribution in [0.2, 0.25) is 0 Å². The number of furan rings is 1. The first-order chi connectivity index (χ1) is 11.7. The van der Waals surface area contributed by atoms with E-state index in [2.05, 4.69) is 5.32 Å². The number of ether oxygens (including phenoxy) is 2. The second-order valence-electron chi connectivity index (χ2n) is 5.25. The number of anilines is 1. The van der Waals surface area contributed by atoms with E-state index in [-0.39, 0.29) is 12.4 Å². The fraction of sp³-hybridized carbons (Fsp3) is 0.222. The molecule has 0 atom stereocenters. The van der Waals surface area contributed by atoms with Gasteiger partial charge in [-0.2, -0.15) is 0 Å². The average Bonchev–Trinajstić information content (AvgIpc) is 3.03. The number of hydrogen-bond acceptors (Lipinski definition) is 5. The van der Waals surface area contributed by atoms with Gasteiger partial charge in [0, 0.05) is 11.1 Å². The van der Waals surface area contributed by atoms with Gasteiger partial charge in [-0.1, -0.05) is 0 Å². The van der Waals surface area contributed by atoms with Gasteiger partial charge in [0.1, 0.15) is 11.6 Å². The van der Waals surface area contributed by atoms with E-state index in [1.807, 2.05) is 6.07 Å². The van der Waals surface area contributed by atoms with E-state index >= 15 is 0 Å². The minimum atomic E-state index is -0.284. The van der Waals surface area contributed by atoms with E-state index in [0.29, 0.717) is 35.0 Å². The summed E-state index contributed by atoms with van der Waals surface area (Å²) in [5.74, 6) is 1.36. The maximum atomic E-state index is 12.9. The average molecular weight is 331 g/mol. The predicted molar refractivity (Wildman–Crippen MR) is 89.0 cm³/mol. The highest BCUT2D eigenvalue weighted by Crippen LogP contribution is 2.39. The standard InChI is InChI=1S/C18H18FNO4/c1-22-16-7-11(10-21)15-8-14(24-17(15)18(16)23-2)9-20-13-5-3-12(19)4-6-13/h3-8,20-21H,9-10H2,1-2H3. The Morgan fingerprint density at radius 2 is 1.88 bits per heavy atom. The Labute approximate surface area is 138 Å². The Hall–Kier alpha value is -2.73. The molecule has 6 heteroatoms. The zero-order valence-corrected chi connectivity index (χ0v) is 13.4. The normalized spacial score (nSPS) is 10.8. The van der Waals surface area contributed by atoms with Crippen molar-refractivity contribution in [2.24, 2.45) is 0 Å². The van der Waals surface area contributed by atoms with Crippen LogP contribution in [-0.4, -0.2) is 19.3 Å². The molecule has 126 valence electrons. The molecule has 0 fully saturated rings. The van der Waals surface area contributed by atoms with Crippen molar-refractivity contribution in [1.82, 2.24) is 0 Å². The lowest BCUT2D eigenvalue weighted by atomic mass is 10.1. The molecule has 0 saturated heterocycles. The van der Waals surface area contributed by atoms with Crippen LogP contribution in [0.4, 0.5) is 10.1 Å². The number of methoxy groups -OCH3 is 2. The van der Waals surface area contributed by atoms with Gasteiger partial charge in [0.15, 0.2) is 11.3 Å². The molecule has 0 unspecified atom stereocenters. The highest BCUT2D eigenvalue weighted by molar-refractivity contribution is 5.89. The summed E-state index contributed by atoms with van der Waals surface area (Å²) in [6.45, 7) is 0.276. The Kier molecular flexibility index (Phi) is 4.57. The van der Waals surface area contributed by atoms with Crippen LogP contribution in [-0.2, 0) is 13.2 Å². The molecule has 0 bridgehead atoms. The number of aliphatic hydroxyl groups is 1. The third kappa shape index (κ3) is 3.00. The molecule has 1 heterocycles. The summed E-state index contributed by atoms with van der Waals surface area (Å²) in [5, 5.41) is 13.5. The number of hydrogen-bond donors (Lipinski definition) is 2. The van der Waals surface area contributed by atoms with Gasteiger partial charge >= 0.3 is 0 Å². The Bertz CT molecular complexity index is 842. The smallest absolute Gasteiger partial charge is 0.204 e. The molecule has 0 radical (unpaired) electrons. The first-order valence-electron chi connectivity index (χ1n) is 7.42. The minimum Gasteiger partial charge on any atom is -0.493 e. The van der Waals surface area contributed by atoms with Crippen molar-refractivity contribution >= 4 is 16.7 Å². The van der Waals surface area contributed by atoms with Crippen LogP contribution in [0, 0.1) is 5.82 Å². The fourth-order valence-electron chi connectivity index (χ4n) is 2.58. The van der Waals surface area contributed by atoms with Crippen LogP contribution in [0.5, 0.6) is 11.5 Å². The summed E-state index contributed by atoms with van der Waals surface area (Å²) in [5.41, 5.74) is 2.00. The molecule has 3 aromatic rings. The topological polar surface area (TPSA) is 63.9 Å². The summed E-state index contributed by atoms with van der Waals surface area (Å²) >= 11 is 0. The van der Waals surface area contributed by atoms with Crippen LogP contribution in [0.25, 0.3) is 11.0 Å². The summed E-state index contributed by atoms with van der Waals surface area (Å²) < 4.78 is 29.5. The fourth-order valence-corrected chi connectivity index (χ4v) is 2.58. The zero-order valence-electron chi connectivity index (χ0n) is 13.4. The molecule has 0 aliphatic carbocycles. The molecule has 5 nitrogen and oxygen atoms in total. The quantitative estimate of drug-likeness (QED) is 0.721. The molecule has 24 heavy (non-hydrogen) atoms. The summed E-state index contributed by atoms with van der Waals surface area (Å²) in [7, 11) is 3.07. The Morgan fingerprint density at radius 3 is 2.50 bits per heavy atom. The highest BCUT2D eigenvalue weighted by atomic mass is 19.1. The van der Waals surface area contributed by atoms with Crippen molar-refractivity contribution in [3.8, 4) is 11.5 Å². The lowest BCUT2D eigenvalue weighted by Crippen LogP contribution is -1.97. The number of fused-ring (bicyclic) bond motifs is 1. The van der Waals surface area contributed by atoms with Crippen LogP contribution >= 0.6 is 0 Å².